The van der Waals surface area contributed by atoms with Gasteiger partial charge in [-0.25, -0.2) is 0 Å². The maximum atomic E-state index is 11.0. The van der Waals surface area contributed by atoms with Crippen molar-refractivity contribution in [3.63, 3.8) is 0 Å². The Kier molecular flexibility index (Phi) is 13.2. The molecule has 3 N–H and O–H groups in total. The van der Waals surface area contributed by atoms with Crippen LogP contribution in [0.1, 0.15) is 120 Å². The quantitative estimate of drug-likeness (QED) is 0.163. The van der Waals surface area contributed by atoms with E-state index in [1.165, 1.54) is 41.5 Å². The molecule has 0 aliphatic rings. The second-order valence-corrected chi connectivity index (χ2v) is 12.3. The van der Waals surface area contributed by atoms with Gasteiger partial charge < -0.3 is 20.1 Å². The van der Waals surface area contributed by atoms with Crippen LogP contribution < -0.4 is 4.74 Å². The molecule has 40 heavy (non-hydrogen) atoms. The van der Waals surface area contributed by atoms with E-state index in [1.54, 1.807) is 0 Å². The van der Waals surface area contributed by atoms with E-state index >= 15 is 0 Å². The molecule has 0 radical (unpaired) electrons. The minimum atomic E-state index is -0.919. The lowest BCUT2D eigenvalue weighted by Gasteiger charge is -2.34. The Labute approximate surface area is 243 Å². The highest BCUT2D eigenvalue weighted by Gasteiger charge is 2.32. The van der Waals surface area contributed by atoms with E-state index in [9.17, 15) is 15.0 Å². The fraction of sp³-hybridized carbons (Fsp3) is 0.629. The Morgan fingerprint density at radius 3 is 2.08 bits per heavy atom. The second-order valence-electron chi connectivity index (χ2n) is 12.3. The Morgan fingerprint density at radius 1 is 0.900 bits per heavy atom. The Hall–Kier alpha value is -2.37. The summed E-state index contributed by atoms with van der Waals surface area (Å²) in [5.41, 5.74) is 5.92. The predicted molar refractivity (Wildman–Crippen MR) is 164 cm³/mol. The summed E-state index contributed by atoms with van der Waals surface area (Å²) in [4.78, 5) is 10.8. The van der Waals surface area contributed by atoms with Gasteiger partial charge in [0, 0.05) is 11.8 Å². The van der Waals surface area contributed by atoms with Gasteiger partial charge in [0.2, 0.25) is 0 Å². The van der Waals surface area contributed by atoms with E-state index in [2.05, 4.69) is 71.9 Å². The summed E-state index contributed by atoms with van der Waals surface area (Å²) in [5, 5.41) is 29.8. The van der Waals surface area contributed by atoms with Crippen LogP contribution in [0.15, 0.2) is 36.4 Å². The third-order valence-corrected chi connectivity index (χ3v) is 8.97. The molecule has 5 nitrogen and oxygen atoms in total. The van der Waals surface area contributed by atoms with Gasteiger partial charge >= 0.3 is 5.97 Å². The molecule has 224 valence electrons. The Balaban J connectivity index is 2.17. The predicted octanol–water partition coefficient (Wildman–Crippen LogP) is 7.91. The molecule has 2 aromatic carbocycles. The third-order valence-electron chi connectivity index (χ3n) is 8.97. The topological polar surface area (TPSA) is 87.0 Å². The standard InChI is InChI=1S/C35H54O5/c1-8-11-12-21-34(6,7)32(37)19-14-27-13-15-28(22-25(27)4)35(9-2,10-3)29-16-18-31(26(5)23-29)40-24-30(36)17-20-33(38)39/h13,15-16,18,22-23,30,32,36-37H,8-12,14,17,19-21,24H2,1-7H3,(H,38,39). The number of carboxylic acids is 1. The van der Waals surface area contributed by atoms with Crippen LogP contribution >= 0.6 is 0 Å². The van der Waals surface area contributed by atoms with E-state index in [4.69, 9.17) is 9.84 Å². The lowest BCUT2D eigenvalue weighted by atomic mass is 9.69. The van der Waals surface area contributed by atoms with Gasteiger partial charge in [-0.1, -0.05) is 84.2 Å². The lowest BCUT2D eigenvalue weighted by Crippen LogP contribution is -2.30. The molecule has 0 spiro atoms. The van der Waals surface area contributed by atoms with Crippen LogP contribution in [0.4, 0.5) is 0 Å². The molecule has 2 atom stereocenters. The SMILES string of the molecule is CCCCCC(C)(C)C(O)CCc1ccc(C(CC)(CC)c2ccc(OCC(O)CCC(=O)O)c(C)c2)cc1C. The van der Waals surface area contributed by atoms with Crippen molar-refractivity contribution in [3.8, 4) is 5.75 Å². The summed E-state index contributed by atoms with van der Waals surface area (Å²) < 4.78 is 5.84. The number of carboxylic acid groups (broad SMARTS) is 1. The van der Waals surface area contributed by atoms with Crippen molar-refractivity contribution >= 4 is 5.97 Å². The number of hydrogen-bond donors (Lipinski definition) is 3. The van der Waals surface area contributed by atoms with Gasteiger partial charge in [-0.15, -0.1) is 0 Å². The first-order valence-electron chi connectivity index (χ1n) is 15.3. The largest absolute Gasteiger partial charge is 0.491 e. The van der Waals surface area contributed by atoms with E-state index in [0.717, 1.165) is 37.7 Å². The van der Waals surface area contributed by atoms with Crippen LogP contribution in [0, 0.1) is 19.3 Å². The van der Waals surface area contributed by atoms with Crippen LogP contribution in [0.5, 0.6) is 5.75 Å². The highest BCUT2D eigenvalue weighted by molar-refractivity contribution is 5.66. The molecule has 0 aliphatic carbocycles. The van der Waals surface area contributed by atoms with Crippen molar-refractivity contribution in [2.24, 2.45) is 5.41 Å². The number of carbonyl (C=O) groups is 1. The maximum Gasteiger partial charge on any atom is 0.303 e. The summed E-state index contributed by atoms with van der Waals surface area (Å²) >= 11 is 0. The van der Waals surface area contributed by atoms with Crippen molar-refractivity contribution in [2.75, 3.05) is 6.61 Å². The van der Waals surface area contributed by atoms with Crippen LogP contribution in [-0.2, 0) is 16.6 Å². The number of rotatable bonds is 18. The summed E-state index contributed by atoms with van der Waals surface area (Å²) in [5.74, 6) is -0.209. The van der Waals surface area contributed by atoms with E-state index in [0.29, 0.717) is 5.75 Å². The minimum absolute atomic E-state index is 0.0626. The number of aliphatic hydroxyl groups excluding tert-OH is 2. The molecular weight excluding hydrogens is 500 g/mol. The second kappa shape index (κ2) is 15.6. The van der Waals surface area contributed by atoms with Crippen molar-refractivity contribution in [2.45, 2.75) is 130 Å². The van der Waals surface area contributed by atoms with E-state index in [1.807, 2.05) is 13.0 Å². The number of hydrogen-bond acceptors (Lipinski definition) is 4. The van der Waals surface area contributed by atoms with Crippen molar-refractivity contribution in [1.82, 2.24) is 0 Å². The Morgan fingerprint density at radius 2 is 1.52 bits per heavy atom. The zero-order valence-electron chi connectivity index (χ0n) is 26.1. The summed E-state index contributed by atoms with van der Waals surface area (Å²) in [7, 11) is 0. The van der Waals surface area contributed by atoms with Crippen LogP contribution in [0.2, 0.25) is 0 Å². The molecule has 0 amide bonds. The molecule has 0 saturated carbocycles. The molecule has 0 saturated heterocycles. The highest BCUT2D eigenvalue weighted by Crippen LogP contribution is 2.41. The number of ether oxygens (including phenoxy) is 1. The first-order chi connectivity index (χ1) is 18.9. The summed E-state index contributed by atoms with van der Waals surface area (Å²) in [6, 6.07) is 13.1. The number of aliphatic hydroxyl groups is 2. The summed E-state index contributed by atoms with van der Waals surface area (Å²) in [6.45, 7) is 15.4. The van der Waals surface area contributed by atoms with Crippen molar-refractivity contribution in [3.05, 3.63) is 64.2 Å². The van der Waals surface area contributed by atoms with E-state index in [-0.39, 0.29) is 36.4 Å². The lowest BCUT2D eigenvalue weighted by molar-refractivity contribution is -0.137. The smallest absolute Gasteiger partial charge is 0.303 e. The third kappa shape index (κ3) is 9.07. The van der Waals surface area contributed by atoms with Crippen molar-refractivity contribution < 1.29 is 24.9 Å². The van der Waals surface area contributed by atoms with Gasteiger partial charge in [-0.3, -0.25) is 4.79 Å². The molecule has 2 rings (SSSR count). The monoisotopic (exact) mass is 554 g/mol. The number of unbranched alkanes of at least 4 members (excludes halogenated alkanes) is 2. The molecule has 2 unspecified atom stereocenters. The van der Waals surface area contributed by atoms with Crippen molar-refractivity contribution in [1.29, 1.82) is 0 Å². The zero-order chi connectivity index (χ0) is 29.9. The molecule has 0 fully saturated rings. The van der Waals surface area contributed by atoms with Gasteiger partial charge in [-0.2, -0.15) is 0 Å². The maximum absolute atomic E-state index is 11.0. The van der Waals surface area contributed by atoms with Crippen LogP contribution in [0.25, 0.3) is 0 Å². The highest BCUT2D eigenvalue weighted by atomic mass is 16.5. The Bertz CT molecular complexity index is 1070. The average Bonchev–Trinajstić information content (AvgIpc) is 2.91. The molecule has 0 heterocycles. The van der Waals surface area contributed by atoms with Gasteiger partial charge in [-0.05, 0) is 91.7 Å². The molecule has 0 aliphatic heterocycles. The molecule has 2 aromatic rings. The van der Waals surface area contributed by atoms with Gasteiger partial charge in [0.15, 0.2) is 0 Å². The normalized spacial score (nSPS) is 13.7. The van der Waals surface area contributed by atoms with Gasteiger partial charge in [0.1, 0.15) is 12.4 Å². The number of benzene rings is 2. The molecule has 0 aromatic heterocycles. The number of aryl methyl sites for hydroxylation is 3. The number of aliphatic carboxylic acids is 1. The van der Waals surface area contributed by atoms with Crippen LogP contribution in [0.3, 0.4) is 0 Å². The summed E-state index contributed by atoms with van der Waals surface area (Å²) in [6.07, 6.45) is 7.20. The molecule has 5 heteroatoms. The average molecular weight is 555 g/mol. The zero-order valence-corrected chi connectivity index (χ0v) is 26.1. The van der Waals surface area contributed by atoms with Gasteiger partial charge in [0.05, 0.1) is 12.2 Å². The fourth-order valence-corrected chi connectivity index (χ4v) is 5.86. The molecular formula is C35H54O5. The van der Waals surface area contributed by atoms with Gasteiger partial charge in [0.25, 0.3) is 0 Å². The first-order valence-corrected chi connectivity index (χ1v) is 15.3. The van der Waals surface area contributed by atoms with Crippen LogP contribution in [-0.4, -0.2) is 40.1 Å². The first kappa shape index (κ1) is 33.8. The fourth-order valence-electron chi connectivity index (χ4n) is 5.86. The minimum Gasteiger partial charge on any atom is -0.491 e. The molecule has 0 bridgehead atoms. The van der Waals surface area contributed by atoms with E-state index < -0.39 is 12.1 Å².